The maximum atomic E-state index is 12.3. The molecule has 2 fully saturated rings. The number of piperidine rings is 1. The zero-order valence-electron chi connectivity index (χ0n) is 15.2. The van der Waals surface area contributed by atoms with Crippen molar-refractivity contribution in [3.63, 3.8) is 0 Å². The normalized spacial score (nSPS) is 25.1. The van der Waals surface area contributed by atoms with E-state index in [0.29, 0.717) is 29.8 Å². The van der Waals surface area contributed by atoms with E-state index in [1.807, 2.05) is 0 Å². The maximum absolute atomic E-state index is 12.3. The molecular weight excluding hydrogens is 308 g/mol. The number of amides is 1. The van der Waals surface area contributed by atoms with E-state index in [9.17, 15) is 4.79 Å². The van der Waals surface area contributed by atoms with Crippen molar-refractivity contribution < 1.29 is 4.79 Å². The molecular formula is C22H28N2O. The molecule has 2 aromatic carbocycles. The molecule has 0 aromatic heterocycles. The Morgan fingerprint density at radius 3 is 2.60 bits per heavy atom. The van der Waals surface area contributed by atoms with Crippen molar-refractivity contribution in [2.24, 2.45) is 11.8 Å². The molecule has 132 valence electrons. The maximum Gasteiger partial charge on any atom is 0.225 e. The number of nitrogens with zero attached hydrogens (tertiary/aromatic N) is 1. The molecule has 1 saturated carbocycles. The summed E-state index contributed by atoms with van der Waals surface area (Å²) in [4.78, 5) is 14.4. The van der Waals surface area contributed by atoms with Crippen LogP contribution in [0, 0.1) is 11.8 Å². The average Bonchev–Trinajstić information content (AvgIpc) is 3.47. The zero-order valence-corrected chi connectivity index (χ0v) is 15.2. The first kappa shape index (κ1) is 16.6. The standard InChI is InChI=1S/C22H28N2O/c1-15-14-24(22(25)18-8-9-18)12-11-21(15)23-16(2)19-10-7-17-5-3-4-6-20(17)13-19/h3-7,10,13,15-16,18,21,23H,8-9,11-12,14H2,1-2H3/t15-,16-,21+/m0/s1. The lowest BCUT2D eigenvalue weighted by atomic mass is 9.92. The number of hydrogen-bond donors (Lipinski definition) is 1. The van der Waals surface area contributed by atoms with Crippen molar-refractivity contribution in [3.8, 4) is 0 Å². The number of likely N-dealkylation sites (tertiary alicyclic amines) is 1. The van der Waals surface area contributed by atoms with Gasteiger partial charge in [-0.15, -0.1) is 0 Å². The highest BCUT2D eigenvalue weighted by Crippen LogP contribution is 2.33. The van der Waals surface area contributed by atoms with Gasteiger partial charge in [-0.2, -0.15) is 0 Å². The van der Waals surface area contributed by atoms with Crippen molar-refractivity contribution in [1.82, 2.24) is 10.2 Å². The second-order valence-corrected chi connectivity index (χ2v) is 7.93. The summed E-state index contributed by atoms with van der Waals surface area (Å²) in [6.07, 6.45) is 3.26. The number of fused-ring (bicyclic) bond motifs is 1. The number of benzene rings is 2. The van der Waals surface area contributed by atoms with E-state index in [1.165, 1.54) is 16.3 Å². The highest BCUT2D eigenvalue weighted by atomic mass is 16.2. The van der Waals surface area contributed by atoms with Crippen molar-refractivity contribution in [3.05, 3.63) is 48.0 Å². The first-order valence-electron chi connectivity index (χ1n) is 9.65. The highest BCUT2D eigenvalue weighted by molar-refractivity contribution is 5.83. The van der Waals surface area contributed by atoms with Gasteiger partial charge in [0.2, 0.25) is 5.91 Å². The molecule has 0 bridgehead atoms. The minimum absolute atomic E-state index is 0.322. The van der Waals surface area contributed by atoms with Crippen LogP contribution >= 0.6 is 0 Å². The molecule has 0 radical (unpaired) electrons. The molecule has 4 rings (SSSR count). The summed E-state index contributed by atoms with van der Waals surface area (Å²) in [5.41, 5.74) is 1.34. The Kier molecular flexibility index (Phi) is 4.51. The lowest BCUT2D eigenvalue weighted by molar-refractivity contribution is -0.134. The fraction of sp³-hybridized carbons (Fsp3) is 0.500. The second kappa shape index (κ2) is 6.80. The zero-order chi connectivity index (χ0) is 17.4. The van der Waals surface area contributed by atoms with Crippen molar-refractivity contribution in [2.75, 3.05) is 13.1 Å². The van der Waals surface area contributed by atoms with E-state index in [0.717, 1.165) is 32.4 Å². The fourth-order valence-electron chi connectivity index (χ4n) is 4.08. The van der Waals surface area contributed by atoms with Crippen LogP contribution in [0.15, 0.2) is 42.5 Å². The van der Waals surface area contributed by atoms with Gasteiger partial charge in [0.05, 0.1) is 0 Å². The Morgan fingerprint density at radius 1 is 1.12 bits per heavy atom. The highest BCUT2D eigenvalue weighted by Gasteiger charge is 2.37. The van der Waals surface area contributed by atoms with Crippen LogP contribution in [0.25, 0.3) is 10.8 Å². The molecule has 1 aliphatic heterocycles. The van der Waals surface area contributed by atoms with Crippen LogP contribution < -0.4 is 5.32 Å². The van der Waals surface area contributed by atoms with E-state index >= 15 is 0 Å². The molecule has 3 nitrogen and oxygen atoms in total. The minimum Gasteiger partial charge on any atom is -0.342 e. The number of rotatable bonds is 4. The van der Waals surface area contributed by atoms with Crippen LogP contribution in [0.5, 0.6) is 0 Å². The molecule has 1 aliphatic carbocycles. The van der Waals surface area contributed by atoms with Crippen LogP contribution in [0.3, 0.4) is 0 Å². The van der Waals surface area contributed by atoms with Gasteiger partial charge in [0.25, 0.3) is 0 Å². The molecule has 1 saturated heterocycles. The number of carbonyl (C=O) groups excluding carboxylic acids is 1. The third-order valence-corrected chi connectivity index (χ3v) is 5.88. The van der Waals surface area contributed by atoms with Crippen molar-refractivity contribution in [2.45, 2.75) is 45.2 Å². The molecule has 2 aliphatic rings. The van der Waals surface area contributed by atoms with Crippen LogP contribution in [0.1, 0.15) is 44.7 Å². The second-order valence-electron chi connectivity index (χ2n) is 7.93. The predicted molar refractivity (Wildman–Crippen MR) is 102 cm³/mol. The number of carbonyl (C=O) groups is 1. The molecule has 3 atom stereocenters. The Morgan fingerprint density at radius 2 is 1.88 bits per heavy atom. The third kappa shape index (κ3) is 3.57. The number of nitrogens with one attached hydrogen (secondary N) is 1. The Labute approximate surface area is 150 Å². The quantitative estimate of drug-likeness (QED) is 0.910. The lowest BCUT2D eigenvalue weighted by Crippen LogP contribution is -2.50. The summed E-state index contributed by atoms with van der Waals surface area (Å²) in [6, 6.07) is 16.1. The monoisotopic (exact) mass is 336 g/mol. The van der Waals surface area contributed by atoms with Crippen molar-refractivity contribution >= 4 is 16.7 Å². The first-order valence-corrected chi connectivity index (χ1v) is 9.65. The first-order chi connectivity index (χ1) is 12.1. The SMILES string of the molecule is C[C@H](N[C@@H]1CCN(C(=O)C2CC2)C[C@@H]1C)c1ccc2ccccc2c1. The Balaban J connectivity index is 1.39. The predicted octanol–water partition coefficient (Wildman–Crippen LogP) is 4.14. The Bertz CT molecular complexity index is 767. The average molecular weight is 336 g/mol. The molecule has 1 N–H and O–H groups in total. The van der Waals surface area contributed by atoms with E-state index in [2.05, 4.69) is 66.5 Å². The van der Waals surface area contributed by atoms with Gasteiger partial charge in [0, 0.05) is 31.1 Å². The van der Waals surface area contributed by atoms with Gasteiger partial charge >= 0.3 is 0 Å². The Hall–Kier alpha value is -1.87. The van der Waals surface area contributed by atoms with Crippen molar-refractivity contribution in [1.29, 1.82) is 0 Å². The van der Waals surface area contributed by atoms with Gasteiger partial charge in [0.15, 0.2) is 0 Å². The molecule has 1 heterocycles. The fourth-order valence-corrected chi connectivity index (χ4v) is 4.08. The molecule has 25 heavy (non-hydrogen) atoms. The summed E-state index contributed by atoms with van der Waals surface area (Å²) in [6.45, 7) is 6.33. The van der Waals surface area contributed by atoms with Gasteiger partial charge < -0.3 is 10.2 Å². The van der Waals surface area contributed by atoms with E-state index in [-0.39, 0.29) is 0 Å². The molecule has 2 aromatic rings. The van der Waals surface area contributed by atoms with Gasteiger partial charge in [-0.25, -0.2) is 0 Å². The topological polar surface area (TPSA) is 32.3 Å². The molecule has 0 unspecified atom stereocenters. The molecule has 3 heteroatoms. The third-order valence-electron chi connectivity index (χ3n) is 5.88. The van der Waals surface area contributed by atoms with Gasteiger partial charge in [-0.05, 0) is 54.5 Å². The summed E-state index contributed by atoms with van der Waals surface area (Å²) < 4.78 is 0. The van der Waals surface area contributed by atoms with E-state index < -0.39 is 0 Å². The van der Waals surface area contributed by atoms with E-state index in [4.69, 9.17) is 0 Å². The molecule has 0 spiro atoms. The summed E-state index contributed by atoms with van der Waals surface area (Å²) >= 11 is 0. The number of hydrogen-bond acceptors (Lipinski definition) is 2. The largest absolute Gasteiger partial charge is 0.342 e. The molecule has 1 amide bonds. The van der Waals surface area contributed by atoms with Crippen LogP contribution in [-0.2, 0) is 4.79 Å². The summed E-state index contributed by atoms with van der Waals surface area (Å²) in [5, 5.41) is 6.40. The minimum atomic E-state index is 0.322. The van der Waals surface area contributed by atoms with E-state index in [1.54, 1.807) is 0 Å². The summed E-state index contributed by atoms with van der Waals surface area (Å²) in [7, 11) is 0. The lowest BCUT2D eigenvalue weighted by Gasteiger charge is -2.39. The van der Waals surface area contributed by atoms with Crippen LogP contribution in [0.2, 0.25) is 0 Å². The van der Waals surface area contributed by atoms with Gasteiger partial charge in [-0.1, -0.05) is 43.3 Å². The smallest absolute Gasteiger partial charge is 0.225 e. The van der Waals surface area contributed by atoms with Gasteiger partial charge in [-0.3, -0.25) is 4.79 Å². The van der Waals surface area contributed by atoms with Crippen LogP contribution in [0.4, 0.5) is 0 Å². The summed E-state index contributed by atoms with van der Waals surface area (Å²) in [5.74, 6) is 1.24. The van der Waals surface area contributed by atoms with Gasteiger partial charge in [0.1, 0.15) is 0 Å². The van der Waals surface area contributed by atoms with Crippen LogP contribution in [-0.4, -0.2) is 29.9 Å².